The third-order valence-electron chi connectivity index (χ3n) is 9.46. The number of carbonyl (C=O) groups is 3. The molecule has 3 rings (SSSR count). The first-order valence-electron chi connectivity index (χ1n) is 15.8. The molecule has 0 radical (unpaired) electrons. The topological polar surface area (TPSA) is 102 Å². The first-order valence-corrected chi connectivity index (χ1v) is 15.8. The molecule has 1 aromatic carbocycles. The van der Waals surface area contributed by atoms with Crippen molar-refractivity contribution in [2.75, 3.05) is 6.61 Å². The quantitative estimate of drug-likeness (QED) is 0.296. The number of esters is 1. The van der Waals surface area contributed by atoms with Crippen LogP contribution in [0.2, 0.25) is 0 Å². The van der Waals surface area contributed by atoms with Crippen LogP contribution in [-0.2, 0) is 23.9 Å². The van der Waals surface area contributed by atoms with Crippen molar-refractivity contribution in [3.8, 4) is 0 Å². The number of ether oxygens (including phenoxy) is 2. The molecule has 2 aliphatic rings. The average molecular weight is 612 g/mol. The summed E-state index contributed by atoms with van der Waals surface area (Å²) in [6.07, 6.45) is 6.63. The summed E-state index contributed by atoms with van der Waals surface area (Å²) < 4.78 is 28.2. The molecule has 0 aromatic heterocycles. The van der Waals surface area contributed by atoms with Crippen molar-refractivity contribution in [1.29, 1.82) is 0 Å². The molecular weight excluding hydrogens is 561 g/mol. The maximum absolute atomic E-state index is 15.9. The highest BCUT2D eigenvalue weighted by molar-refractivity contribution is 6.07. The number of allylic oxidation sites excluding steroid dienone is 2. The smallest absolute Gasteiger partial charge is 0.351 e. The molecule has 2 saturated heterocycles. The van der Waals surface area contributed by atoms with E-state index in [1.54, 1.807) is 20.8 Å². The van der Waals surface area contributed by atoms with E-state index in [-0.39, 0.29) is 37.2 Å². The van der Waals surface area contributed by atoms with E-state index in [4.69, 9.17) is 9.47 Å². The maximum Gasteiger partial charge on any atom is 0.351 e. The van der Waals surface area contributed by atoms with Gasteiger partial charge in [-0.1, -0.05) is 76.3 Å². The zero-order valence-corrected chi connectivity index (χ0v) is 27.6. The number of alkyl halides is 1. The van der Waals surface area contributed by atoms with Crippen LogP contribution in [0.4, 0.5) is 4.39 Å². The standard InChI is InChI=1S/C36H50FNO6/c1-9-30-36(8,42)29-19-18-28(17-13-16-27-14-11-10-12-15-27)22-43-34(6,20-23(2)31(25(29)4)38-26(5)39)21-24(3)32(40)35(7,37)33(41)44-30/h10-17,23-25,29-30,42H,9,18-22H2,1-8H3/b16-13+,28-17+,38-31+/t23-,24-,25-,29-,30-,34-,35+,36+/m1/s1. The molecule has 2 heterocycles. The number of nitrogens with zero attached hydrogens (tertiary/aromatic N) is 1. The predicted molar refractivity (Wildman–Crippen MR) is 171 cm³/mol. The molecule has 0 spiro atoms. The molecule has 2 aliphatic heterocycles. The Morgan fingerprint density at radius 1 is 1.09 bits per heavy atom. The van der Waals surface area contributed by atoms with Crippen LogP contribution in [0.5, 0.6) is 0 Å². The Hall–Kier alpha value is -2.97. The van der Waals surface area contributed by atoms with Gasteiger partial charge in [-0.15, -0.1) is 0 Å². The predicted octanol–water partition coefficient (Wildman–Crippen LogP) is 6.87. The SMILES string of the molecule is CC[C@H]1OC(=O)[C@@](C)(F)C(=O)[C@H](C)C[C@@]2(C)C[C@@H](C)/C(=N\C(C)=O)[C@H](C)[C@@H](CC/C(=C\C=C\c3ccccc3)CO2)[C@]1(C)O. The summed E-state index contributed by atoms with van der Waals surface area (Å²) in [5.41, 5.74) is -2.81. The molecular formula is C36H50FNO6. The second kappa shape index (κ2) is 14.4. The van der Waals surface area contributed by atoms with E-state index in [1.165, 1.54) is 6.92 Å². The van der Waals surface area contributed by atoms with Gasteiger partial charge in [-0.3, -0.25) is 9.59 Å². The Bertz CT molecular complexity index is 1280. The monoisotopic (exact) mass is 611 g/mol. The second-order valence-corrected chi connectivity index (χ2v) is 13.4. The van der Waals surface area contributed by atoms with Crippen LogP contribution >= 0.6 is 0 Å². The number of hydrogen-bond acceptors (Lipinski definition) is 6. The van der Waals surface area contributed by atoms with Gasteiger partial charge in [0.15, 0.2) is 5.78 Å². The Labute approximate surface area is 262 Å². The summed E-state index contributed by atoms with van der Waals surface area (Å²) in [5.74, 6) is -4.61. The second-order valence-electron chi connectivity index (χ2n) is 13.4. The number of aliphatic imine (C=N–C) groups is 1. The van der Waals surface area contributed by atoms with Crippen LogP contribution in [0.25, 0.3) is 6.08 Å². The molecule has 0 aliphatic carbocycles. The molecule has 242 valence electrons. The third kappa shape index (κ3) is 8.39. The average Bonchev–Trinajstić information content (AvgIpc) is 2.96. The van der Waals surface area contributed by atoms with Gasteiger partial charge in [0.1, 0.15) is 11.7 Å². The van der Waals surface area contributed by atoms with Crippen LogP contribution in [0.3, 0.4) is 0 Å². The number of Topliss-reactive ketones (excluding diaryl/α,β-unsaturated/α-hetero) is 1. The number of ketones is 1. The fourth-order valence-corrected chi connectivity index (χ4v) is 7.12. The molecule has 2 fully saturated rings. The van der Waals surface area contributed by atoms with Crippen LogP contribution < -0.4 is 0 Å². The zero-order valence-electron chi connectivity index (χ0n) is 27.6. The van der Waals surface area contributed by atoms with E-state index < -0.39 is 46.6 Å². The lowest BCUT2D eigenvalue weighted by Crippen LogP contribution is -2.55. The molecule has 8 heteroatoms. The minimum atomic E-state index is -2.89. The number of cyclic esters (lactones) is 1. The van der Waals surface area contributed by atoms with Crippen molar-refractivity contribution in [3.05, 3.63) is 53.6 Å². The van der Waals surface area contributed by atoms with Crippen molar-refractivity contribution in [2.45, 2.75) is 110 Å². The zero-order chi connectivity index (χ0) is 32.9. The van der Waals surface area contributed by atoms with Crippen molar-refractivity contribution >= 4 is 29.4 Å². The van der Waals surface area contributed by atoms with E-state index in [9.17, 15) is 19.5 Å². The summed E-state index contributed by atoms with van der Waals surface area (Å²) in [6.45, 7) is 13.3. The van der Waals surface area contributed by atoms with Gasteiger partial charge in [0.2, 0.25) is 5.91 Å². The van der Waals surface area contributed by atoms with Crippen molar-refractivity contribution < 1.29 is 33.4 Å². The minimum Gasteiger partial charge on any atom is -0.457 e. The molecule has 2 bridgehead atoms. The van der Waals surface area contributed by atoms with Crippen LogP contribution in [0, 0.1) is 23.7 Å². The number of carbonyl (C=O) groups excluding carboxylic acids is 3. The first-order chi connectivity index (χ1) is 20.5. The van der Waals surface area contributed by atoms with Gasteiger partial charge in [0.25, 0.3) is 5.67 Å². The Morgan fingerprint density at radius 2 is 1.73 bits per heavy atom. The highest BCUT2D eigenvalue weighted by Gasteiger charge is 2.52. The van der Waals surface area contributed by atoms with Gasteiger partial charge in [0.05, 0.1) is 12.2 Å². The van der Waals surface area contributed by atoms with Crippen LogP contribution in [0.15, 0.2) is 53.0 Å². The number of halogens is 1. The van der Waals surface area contributed by atoms with E-state index in [0.717, 1.165) is 18.1 Å². The summed E-state index contributed by atoms with van der Waals surface area (Å²) in [6, 6.07) is 9.92. The Balaban J connectivity index is 2.24. The summed E-state index contributed by atoms with van der Waals surface area (Å²) in [7, 11) is 0. The number of aliphatic hydroxyl groups is 1. The molecule has 44 heavy (non-hydrogen) atoms. The largest absolute Gasteiger partial charge is 0.457 e. The van der Waals surface area contributed by atoms with Crippen molar-refractivity contribution in [1.82, 2.24) is 0 Å². The highest BCUT2D eigenvalue weighted by atomic mass is 19.1. The van der Waals surface area contributed by atoms with Gasteiger partial charge in [-0.25, -0.2) is 14.2 Å². The molecule has 0 saturated carbocycles. The molecule has 1 amide bonds. The summed E-state index contributed by atoms with van der Waals surface area (Å²) >= 11 is 0. The number of fused-ring (bicyclic) bond motifs is 5. The summed E-state index contributed by atoms with van der Waals surface area (Å²) in [4.78, 5) is 43.5. The Kier molecular flexibility index (Phi) is 11.6. The summed E-state index contributed by atoms with van der Waals surface area (Å²) in [5, 5.41) is 12.2. The lowest BCUT2D eigenvalue weighted by atomic mass is 9.68. The Morgan fingerprint density at radius 3 is 2.34 bits per heavy atom. The highest BCUT2D eigenvalue weighted by Crippen LogP contribution is 2.42. The van der Waals surface area contributed by atoms with Gasteiger partial charge >= 0.3 is 5.97 Å². The lowest BCUT2D eigenvalue weighted by molar-refractivity contribution is -0.186. The lowest BCUT2D eigenvalue weighted by Gasteiger charge is -2.43. The fraction of sp³-hybridized carbons (Fsp3) is 0.611. The normalized spacial score (nSPS) is 38.2. The van der Waals surface area contributed by atoms with Crippen LogP contribution in [-0.4, -0.2) is 58.1 Å². The minimum absolute atomic E-state index is 0.149. The first kappa shape index (κ1) is 35.5. The van der Waals surface area contributed by atoms with E-state index in [2.05, 4.69) is 4.99 Å². The van der Waals surface area contributed by atoms with E-state index in [0.29, 0.717) is 25.0 Å². The molecule has 0 unspecified atom stereocenters. The van der Waals surface area contributed by atoms with E-state index in [1.807, 2.05) is 69.3 Å². The maximum atomic E-state index is 15.9. The number of rotatable bonds is 3. The van der Waals surface area contributed by atoms with Crippen LogP contribution in [0.1, 0.15) is 93.1 Å². The molecule has 7 nitrogen and oxygen atoms in total. The van der Waals surface area contributed by atoms with Gasteiger partial charge in [-0.2, -0.15) is 0 Å². The number of amides is 1. The number of benzene rings is 1. The van der Waals surface area contributed by atoms with Gasteiger partial charge < -0.3 is 14.6 Å². The van der Waals surface area contributed by atoms with Gasteiger partial charge in [0, 0.05) is 24.5 Å². The number of hydrogen-bond donors (Lipinski definition) is 1. The molecule has 1 N–H and O–H groups in total. The third-order valence-corrected chi connectivity index (χ3v) is 9.46. The van der Waals surface area contributed by atoms with Crippen molar-refractivity contribution in [3.63, 3.8) is 0 Å². The van der Waals surface area contributed by atoms with Crippen molar-refractivity contribution in [2.24, 2.45) is 28.7 Å². The fourth-order valence-electron chi connectivity index (χ4n) is 7.12. The molecule has 8 atom stereocenters. The molecule has 1 aromatic rings. The van der Waals surface area contributed by atoms with E-state index >= 15 is 4.39 Å². The van der Waals surface area contributed by atoms with Gasteiger partial charge in [-0.05, 0) is 75.8 Å².